The number of pyridine rings is 1. The average molecular weight is 449 g/mol. The number of Topliss-reactive ketones (excluding diaryl/α,β-unsaturated/α-hetero) is 1. The minimum Gasteiger partial charge on any atom is -0.500 e. The Morgan fingerprint density at radius 3 is 2.58 bits per heavy atom. The van der Waals surface area contributed by atoms with Crippen LogP contribution in [0.4, 0.5) is 5.69 Å². The molecule has 1 fully saturated rings. The number of anilines is 1. The predicted molar refractivity (Wildman–Crippen MR) is 124 cm³/mol. The number of methoxy groups -OCH3 is 2. The lowest BCUT2D eigenvalue weighted by Gasteiger charge is -2.33. The first-order chi connectivity index (χ1) is 16.0. The van der Waals surface area contributed by atoms with E-state index in [2.05, 4.69) is 4.98 Å². The van der Waals surface area contributed by atoms with Crippen molar-refractivity contribution in [3.8, 4) is 5.75 Å². The van der Waals surface area contributed by atoms with E-state index in [1.54, 1.807) is 43.8 Å². The second-order valence-corrected chi connectivity index (χ2v) is 8.35. The molecule has 1 aromatic heterocycles. The number of carboxylic acids is 1. The molecule has 2 aromatic rings. The number of carboxylic acid groups (broad SMARTS) is 1. The molecular weight excluding hydrogens is 420 g/mol. The number of ketones is 1. The molecular formula is C26H28N2O5. The number of carbonyl (C=O) groups is 2. The fraction of sp³-hybridized carbons (Fsp3) is 0.346. The summed E-state index contributed by atoms with van der Waals surface area (Å²) in [7, 11) is 3.04. The molecule has 0 bridgehead atoms. The van der Waals surface area contributed by atoms with Crippen LogP contribution in [0.2, 0.25) is 0 Å². The number of aromatic carboxylic acids is 1. The number of hydrogen-bond donors (Lipinski definition) is 1. The zero-order valence-corrected chi connectivity index (χ0v) is 18.9. The lowest BCUT2D eigenvalue weighted by molar-refractivity contribution is -0.121. The van der Waals surface area contributed by atoms with E-state index in [1.165, 1.54) is 7.11 Å². The van der Waals surface area contributed by atoms with Gasteiger partial charge in [0.2, 0.25) is 0 Å². The summed E-state index contributed by atoms with van der Waals surface area (Å²) in [5, 5.41) is 9.69. The highest BCUT2D eigenvalue weighted by Crippen LogP contribution is 2.40. The first-order valence-electron chi connectivity index (χ1n) is 11.1. The molecule has 0 amide bonds. The second-order valence-electron chi connectivity index (χ2n) is 8.35. The van der Waals surface area contributed by atoms with Crippen LogP contribution in [0.5, 0.6) is 5.75 Å². The van der Waals surface area contributed by atoms with Crippen LogP contribution < -0.4 is 9.64 Å². The molecule has 172 valence electrons. The monoisotopic (exact) mass is 448 g/mol. The lowest BCUT2D eigenvalue weighted by Crippen LogP contribution is -2.36. The Balaban J connectivity index is 1.79. The Labute approximate surface area is 193 Å². The number of rotatable bonds is 8. The van der Waals surface area contributed by atoms with Crippen molar-refractivity contribution in [2.45, 2.75) is 32.2 Å². The predicted octanol–water partition coefficient (Wildman–Crippen LogP) is 4.60. The highest BCUT2D eigenvalue weighted by Gasteiger charge is 2.39. The maximum Gasteiger partial charge on any atom is 0.339 e. The first-order valence-corrected chi connectivity index (χ1v) is 11.1. The summed E-state index contributed by atoms with van der Waals surface area (Å²) in [5.41, 5.74) is 2.04. The molecule has 4 rings (SSSR count). The van der Waals surface area contributed by atoms with Crippen molar-refractivity contribution in [1.29, 1.82) is 0 Å². The van der Waals surface area contributed by atoms with Crippen molar-refractivity contribution in [3.63, 3.8) is 0 Å². The SMILES string of the molecule is COC1=CC=C(N(Cc2cccnc2)c2ccc(OC)c(C(=O)O)c2)C(=O)C1C1CCCC1. The molecule has 0 aliphatic heterocycles. The van der Waals surface area contributed by atoms with Gasteiger partial charge in [0.05, 0.1) is 25.8 Å². The van der Waals surface area contributed by atoms with Gasteiger partial charge in [-0.25, -0.2) is 4.79 Å². The van der Waals surface area contributed by atoms with Gasteiger partial charge in [0, 0.05) is 24.6 Å². The Hall–Kier alpha value is -3.61. The fourth-order valence-corrected chi connectivity index (χ4v) is 4.81. The van der Waals surface area contributed by atoms with E-state index in [4.69, 9.17) is 9.47 Å². The van der Waals surface area contributed by atoms with Crippen LogP contribution in [0.1, 0.15) is 41.6 Å². The van der Waals surface area contributed by atoms with Gasteiger partial charge in [0.25, 0.3) is 0 Å². The highest BCUT2D eigenvalue weighted by molar-refractivity contribution is 6.03. The van der Waals surface area contributed by atoms with Crippen LogP contribution >= 0.6 is 0 Å². The fourth-order valence-electron chi connectivity index (χ4n) is 4.81. The quantitative estimate of drug-likeness (QED) is 0.631. The first kappa shape index (κ1) is 22.6. The third-order valence-electron chi connectivity index (χ3n) is 6.43. The summed E-state index contributed by atoms with van der Waals surface area (Å²) in [6.07, 6.45) is 11.3. The van der Waals surface area contributed by atoms with Crippen LogP contribution in [-0.2, 0) is 16.1 Å². The van der Waals surface area contributed by atoms with Gasteiger partial charge >= 0.3 is 5.97 Å². The summed E-state index contributed by atoms with van der Waals surface area (Å²) in [4.78, 5) is 31.7. The smallest absolute Gasteiger partial charge is 0.339 e. The molecule has 0 radical (unpaired) electrons. The Morgan fingerprint density at radius 1 is 1.15 bits per heavy atom. The molecule has 2 aliphatic rings. The van der Waals surface area contributed by atoms with Gasteiger partial charge in [-0.15, -0.1) is 0 Å². The topological polar surface area (TPSA) is 89.0 Å². The third-order valence-corrected chi connectivity index (χ3v) is 6.43. The van der Waals surface area contributed by atoms with Crippen molar-refractivity contribution in [2.75, 3.05) is 19.1 Å². The number of nitrogens with zero attached hydrogens (tertiary/aromatic N) is 2. The molecule has 2 aliphatic carbocycles. The van der Waals surface area contributed by atoms with Gasteiger partial charge in [0.15, 0.2) is 5.78 Å². The molecule has 7 heteroatoms. The van der Waals surface area contributed by atoms with Crippen molar-refractivity contribution < 1.29 is 24.2 Å². The summed E-state index contributed by atoms with van der Waals surface area (Å²) >= 11 is 0. The number of benzene rings is 1. The standard InChI is InChI=1S/C26H28N2O5/c1-32-22-11-9-19(14-20(22)26(30)31)28(16-17-6-5-13-27-15-17)21-10-12-23(33-2)24(25(21)29)18-7-3-4-8-18/h5-6,9-15,18,24H,3-4,7-8,16H2,1-2H3,(H,30,31). The molecule has 1 atom stereocenters. The normalized spacial score (nSPS) is 18.5. The lowest BCUT2D eigenvalue weighted by atomic mass is 9.81. The molecule has 1 saturated carbocycles. The summed E-state index contributed by atoms with van der Waals surface area (Å²) in [5.74, 6) is -0.216. The van der Waals surface area contributed by atoms with E-state index in [9.17, 15) is 14.7 Å². The zero-order valence-electron chi connectivity index (χ0n) is 18.9. The largest absolute Gasteiger partial charge is 0.500 e. The number of carbonyl (C=O) groups excluding carboxylic acids is 1. The van der Waals surface area contributed by atoms with E-state index in [0.29, 0.717) is 23.7 Å². The molecule has 0 spiro atoms. The summed E-state index contributed by atoms with van der Waals surface area (Å²) < 4.78 is 10.8. The minimum atomic E-state index is -1.09. The zero-order chi connectivity index (χ0) is 23.4. The molecule has 1 heterocycles. The maximum atomic E-state index is 13.8. The van der Waals surface area contributed by atoms with Gasteiger partial charge in [-0.2, -0.15) is 0 Å². The Kier molecular flexibility index (Phi) is 6.77. The number of allylic oxidation sites excluding steroid dienone is 4. The van der Waals surface area contributed by atoms with Gasteiger partial charge in [-0.1, -0.05) is 18.9 Å². The molecule has 1 unspecified atom stereocenters. The minimum absolute atomic E-state index is 0.00201. The molecule has 0 saturated heterocycles. The van der Waals surface area contributed by atoms with Crippen LogP contribution in [0.3, 0.4) is 0 Å². The van der Waals surface area contributed by atoms with Gasteiger partial charge in [-0.3, -0.25) is 9.78 Å². The van der Waals surface area contributed by atoms with Crippen molar-refractivity contribution in [2.24, 2.45) is 11.8 Å². The number of ether oxygens (including phenoxy) is 2. The van der Waals surface area contributed by atoms with Crippen molar-refractivity contribution in [3.05, 3.63) is 77.5 Å². The average Bonchev–Trinajstić information content (AvgIpc) is 3.37. The van der Waals surface area contributed by atoms with E-state index in [0.717, 1.165) is 31.2 Å². The van der Waals surface area contributed by atoms with E-state index < -0.39 is 5.97 Å². The van der Waals surface area contributed by atoms with Gasteiger partial charge in [-0.05, 0) is 60.7 Å². The Bertz CT molecular complexity index is 1090. The maximum absolute atomic E-state index is 13.8. The molecule has 1 N–H and O–H groups in total. The van der Waals surface area contributed by atoms with Crippen LogP contribution in [0.25, 0.3) is 0 Å². The molecule has 33 heavy (non-hydrogen) atoms. The third kappa shape index (κ3) is 4.62. The summed E-state index contributed by atoms with van der Waals surface area (Å²) in [6, 6.07) is 8.71. The molecule has 1 aromatic carbocycles. The number of hydrogen-bond acceptors (Lipinski definition) is 6. The Morgan fingerprint density at radius 2 is 1.94 bits per heavy atom. The number of aromatic nitrogens is 1. The van der Waals surface area contributed by atoms with Crippen LogP contribution in [0, 0.1) is 11.8 Å². The molecule has 7 nitrogen and oxygen atoms in total. The van der Waals surface area contributed by atoms with Crippen molar-refractivity contribution in [1.82, 2.24) is 4.98 Å². The van der Waals surface area contributed by atoms with Crippen LogP contribution in [0.15, 0.2) is 66.3 Å². The second kappa shape index (κ2) is 9.90. The van der Waals surface area contributed by atoms with Gasteiger partial charge < -0.3 is 19.5 Å². The van der Waals surface area contributed by atoms with E-state index >= 15 is 0 Å². The summed E-state index contributed by atoms with van der Waals surface area (Å²) in [6.45, 7) is 0.365. The van der Waals surface area contributed by atoms with E-state index in [-0.39, 0.29) is 28.9 Å². The van der Waals surface area contributed by atoms with Crippen LogP contribution in [-0.4, -0.2) is 36.1 Å². The van der Waals surface area contributed by atoms with E-state index in [1.807, 2.05) is 23.1 Å². The highest BCUT2D eigenvalue weighted by atomic mass is 16.5. The van der Waals surface area contributed by atoms with Crippen molar-refractivity contribution >= 4 is 17.4 Å². The van der Waals surface area contributed by atoms with Gasteiger partial charge in [0.1, 0.15) is 17.1 Å².